The zero-order valence-corrected chi connectivity index (χ0v) is 11.1. The van der Waals surface area contributed by atoms with Crippen LogP contribution in [0.1, 0.15) is 15.9 Å². The largest absolute Gasteiger partial charge is 0.351 e. The van der Waals surface area contributed by atoms with Crippen molar-refractivity contribution in [2.45, 2.75) is 6.54 Å². The molecule has 0 aliphatic rings. The van der Waals surface area contributed by atoms with Crippen LogP contribution in [0, 0.1) is 5.82 Å². The summed E-state index contributed by atoms with van der Waals surface area (Å²) in [5.41, 5.74) is 6.75. The number of carbonyl (C=O) groups is 2. The molecule has 2 aromatic carbocycles. The summed E-state index contributed by atoms with van der Waals surface area (Å²) in [6.07, 6.45) is 0. The standard InChI is InChI=1S/C15H14FN3O2/c16-12-5-1-10(2-6-12)9-18-14(20)11-3-7-13(8-4-11)19-15(17)21/h1-8H,9H2,(H,18,20)(H3,17,19,21). The maximum Gasteiger partial charge on any atom is 0.316 e. The first-order valence-corrected chi connectivity index (χ1v) is 6.24. The Hall–Kier alpha value is -2.89. The Kier molecular flexibility index (Phi) is 4.50. The molecule has 4 N–H and O–H groups in total. The number of hydrogen-bond donors (Lipinski definition) is 3. The summed E-state index contributed by atoms with van der Waals surface area (Å²) in [6.45, 7) is 0.306. The molecule has 0 aliphatic heterocycles. The quantitative estimate of drug-likeness (QED) is 0.805. The SMILES string of the molecule is NC(=O)Nc1ccc(C(=O)NCc2ccc(F)cc2)cc1. The van der Waals surface area contributed by atoms with E-state index in [1.54, 1.807) is 36.4 Å². The number of benzene rings is 2. The monoisotopic (exact) mass is 287 g/mol. The van der Waals surface area contributed by atoms with Gasteiger partial charge in [0.1, 0.15) is 5.82 Å². The average Bonchev–Trinajstić information content (AvgIpc) is 2.46. The zero-order valence-electron chi connectivity index (χ0n) is 11.1. The molecule has 0 aliphatic carbocycles. The predicted octanol–water partition coefficient (Wildman–Crippen LogP) is 2.25. The lowest BCUT2D eigenvalue weighted by molar-refractivity contribution is 0.0951. The summed E-state index contributed by atoms with van der Waals surface area (Å²) in [7, 11) is 0. The van der Waals surface area contributed by atoms with Crippen LogP contribution in [0.4, 0.5) is 14.9 Å². The summed E-state index contributed by atoms with van der Waals surface area (Å²) >= 11 is 0. The van der Waals surface area contributed by atoms with E-state index < -0.39 is 6.03 Å². The average molecular weight is 287 g/mol. The van der Waals surface area contributed by atoms with Crippen LogP contribution in [0.25, 0.3) is 0 Å². The molecule has 0 heterocycles. The highest BCUT2D eigenvalue weighted by Gasteiger charge is 2.05. The summed E-state index contributed by atoms with van der Waals surface area (Å²) in [5.74, 6) is -0.576. The van der Waals surface area contributed by atoms with Crippen molar-refractivity contribution in [3.8, 4) is 0 Å². The van der Waals surface area contributed by atoms with Gasteiger partial charge in [-0.25, -0.2) is 9.18 Å². The van der Waals surface area contributed by atoms with Crippen LogP contribution in [0.2, 0.25) is 0 Å². The topological polar surface area (TPSA) is 84.2 Å². The number of hydrogen-bond acceptors (Lipinski definition) is 2. The van der Waals surface area contributed by atoms with Gasteiger partial charge in [0.2, 0.25) is 0 Å². The number of amides is 3. The molecule has 2 aromatic rings. The maximum absolute atomic E-state index is 12.8. The highest BCUT2D eigenvalue weighted by molar-refractivity contribution is 5.95. The van der Waals surface area contributed by atoms with Gasteiger partial charge in [0.15, 0.2) is 0 Å². The fourth-order valence-corrected chi connectivity index (χ4v) is 1.73. The van der Waals surface area contributed by atoms with Crippen molar-refractivity contribution in [1.29, 1.82) is 0 Å². The minimum atomic E-state index is -0.663. The van der Waals surface area contributed by atoms with Gasteiger partial charge in [-0.05, 0) is 42.0 Å². The summed E-state index contributed by atoms with van der Waals surface area (Å²) < 4.78 is 12.8. The molecule has 0 bridgehead atoms. The third-order valence-electron chi connectivity index (χ3n) is 2.78. The number of carbonyl (C=O) groups excluding carboxylic acids is 2. The third-order valence-corrected chi connectivity index (χ3v) is 2.78. The van der Waals surface area contributed by atoms with E-state index in [0.717, 1.165) is 5.56 Å². The van der Waals surface area contributed by atoms with Gasteiger partial charge in [-0.3, -0.25) is 4.79 Å². The van der Waals surface area contributed by atoms with Crippen molar-refractivity contribution >= 4 is 17.6 Å². The van der Waals surface area contributed by atoms with Crippen molar-refractivity contribution in [2.24, 2.45) is 5.73 Å². The Labute approximate surface area is 121 Å². The van der Waals surface area contributed by atoms with Gasteiger partial charge in [-0.2, -0.15) is 0 Å². The number of anilines is 1. The number of rotatable bonds is 4. The number of nitrogens with one attached hydrogen (secondary N) is 2. The minimum Gasteiger partial charge on any atom is -0.351 e. The number of nitrogens with two attached hydrogens (primary N) is 1. The number of halogens is 1. The minimum absolute atomic E-state index is 0.259. The van der Waals surface area contributed by atoms with Gasteiger partial charge in [-0.15, -0.1) is 0 Å². The number of urea groups is 1. The van der Waals surface area contributed by atoms with E-state index in [9.17, 15) is 14.0 Å². The summed E-state index contributed by atoms with van der Waals surface area (Å²) in [5, 5.41) is 5.13. The molecule has 0 unspecified atom stereocenters. The van der Waals surface area contributed by atoms with Crippen molar-refractivity contribution in [3.63, 3.8) is 0 Å². The Morgan fingerprint density at radius 1 is 1.00 bits per heavy atom. The van der Waals surface area contributed by atoms with Crippen molar-refractivity contribution in [3.05, 3.63) is 65.5 Å². The van der Waals surface area contributed by atoms with Gasteiger partial charge in [0, 0.05) is 17.8 Å². The molecule has 0 radical (unpaired) electrons. The Morgan fingerprint density at radius 2 is 1.62 bits per heavy atom. The van der Waals surface area contributed by atoms with Gasteiger partial charge < -0.3 is 16.4 Å². The molecule has 6 heteroatoms. The fourth-order valence-electron chi connectivity index (χ4n) is 1.73. The molecule has 21 heavy (non-hydrogen) atoms. The van der Waals surface area contributed by atoms with E-state index in [0.29, 0.717) is 17.8 Å². The fraction of sp³-hybridized carbons (Fsp3) is 0.0667. The lowest BCUT2D eigenvalue weighted by Gasteiger charge is -2.06. The first-order chi connectivity index (χ1) is 10.0. The Balaban J connectivity index is 1.93. The lowest BCUT2D eigenvalue weighted by Crippen LogP contribution is -2.23. The van der Waals surface area contributed by atoms with E-state index in [1.807, 2.05) is 0 Å². The summed E-state index contributed by atoms with van der Waals surface area (Å²) in [6, 6.07) is 11.5. The predicted molar refractivity (Wildman–Crippen MR) is 77.2 cm³/mol. The zero-order chi connectivity index (χ0) is 15.2. The van der Waals surface area contributed by atoms with Crippen molar-refractivity contribution in [2.75, 3.05) is 5.32 Å². The van der Waals surface area contributed by atoms with Crippen LogP contribution >= 0.6 is 0 Å². The second-order valence-electron chi connectivity index (χ2n) is 4.38. The molecule has 0 atom stereocenters. The van der Waals surface area contributed by atoms with Crippen molar-refractivity contribution in [1.82, 2.24) is 5.32 Å². The van der Waals surface area contributed by atoms with E-state index in [1.165, 1.54) is 12.1 Å². The molecule has 108 valence electrons. The normalized spacial score (nSPS) is 9.95. The van der Waals surface area contributed by atoms with E-state index in [4.69, 9.17) is 5.73 Å². The molecular formula is C15H14FN3O2. The lowest BCUT2D eigenvalue weighted by atomic mass is 10.1. The smallest absolute Gasteiger partial charge is 0.316 e. The number of primary amides is 1. The molecule has 0 fully saturated rings. The Bertz CT molecular complexity index is 639. The van der Waals surface area contributed by atoms with E-state index in [2.05, 4.69) is 10.6 Å². The second kappa shape index (κ2) is 6.51. The van der Waals surface area contributed by atoms with Crippen LogP contribution < -0.4 is 16.4 Å². The molecule has 2 rings (SSSR count). The van der Waals surface area contributed by atoms with Crippen LogP contribution in [0.3, 0.4) is 0 Å². The van der Waals surface area contributed by atoms with Crippen LogP contribution in [0.5, 0.6) is 0 Å². The van der Waals surface area contributed by atoms with Crippen LogP contribution in [0.15, 0.2) is 48.5 Å². The summed E-state index contributed by atoms with van der Waals surface area (Å²) in [4.78, 5) is 22.6. The maximum atomic E-state index is 12.8. The van der Waals surface area contributed by atoms with Crippen molar-refractivity contribution < 1.29 is 14.0 Å². The van der Waals surface area contributed by atoms with Gasteiger partial charge >= 0.3 is 6.03 Å². The highest BCUT2D eigenvalue weighted by Crippen LogP contribution is 2.09. The van der Waals surface area contributed by atoms with Gasteiger partial charge in [0.25, 0.3) is 5.91 Å². The third kappa shape index (κ3) is 4.31. The second-order valence-corrected chi connectivity index (χ2v) is 4.38. The molecular weight excluding hydrogens is 273 g/mol. The molecule has 0 spiro atoms. The first-order valence-electron chi connectivity index (χ1n) is 6.24. The Morgan fingerprint density at radius 3 is 2.19 bits per heavy atom. The van der Waals surface area contributed by atoms with E-state index >= 15 is 0 Å². The molecule has 0 aromatic heterocycles. The first kappa shape index (κ1) is 14.5. The van der Waals surface area contributed by atoms with E-state index in [-0.39, 0.29) is 11.7 Å². The molecule has 0 saturated carbocycles. The van der Waals surface area contributed by atoms with Gasteiger partial charge in [-0.1, -0.05) is 12.1 Å². The molecule has 0 saturated heterocycles. The molecule has 5 nitrogen and oxygen atoms in total. The molecule has 3 amide bonds. The van der Waals surface area contributed by atoms with Crippen LogP contribution in [-0.2, 0) is 6.54 Å². The van der Waals surface area contributed by atoms with Crippen LogP contribution in [-0.4, -0.2) is 11.9 Å². The highest BCUT2D eigenvalue weighted by atomic mass is 19.1. The van der Waals surface area contributed by atoms with Gasteiger partial charge in [0.05, 0.1) is 0 Å².